The highest BCUT2D eigenvalue weighted by Gasteiger charge is 2.31. The predicted octanol–water partition coefficient (Wildman–Crippen LogP) is 4.68. The van der Waals surface area contributed by atoms with Crippen LogP contribution in [0.5, 0.6) is 0 Å². The van der Waals surface area contributed by atoms with E-state index in [4.69, 9.17) is 5.73 Å². The number of hydrogen-bond donors (Lipinski definition) is 3. The van der Waals surface area contributed by atoms with E-state index < -0.39 is 44.5 Å². The van der Waals surface area contributed by atoms with E-state index in [2.05, 4.69) is 10.0 Å². The number of benzene rings is 4. The molecule has 0 heterocycles. The number of sulfonamides is 1. The molecule has 4 rings (SSSR count). The smallest absolute Gasteiger partial charge is 0.368 e. The molecule has 0 radical (unpaired) electrons. The van der Waals surface area contributed by atoms with Crippen LogP contribution in [0, 0.1) is 0 Å². The molecule has 0 saturated carbocycles. The Balaban J connectivity index is 1.59. The minimum atomic E-state index is -4.70. The molecule has 4 aromatic carbocycles. The van der Waals surface area contributed by atoms with Gasteiger partial charge in [0.15, 0.2) is 0 Å². The monoisotopic (exact) mass is 581 g/mol. The van der Waals surface area contributed by atoms with Crippen molar-refractivity contribution in [3.8, 4) is 11.1 Å². The van der Waals surface area contributed by atoms with Crippen LogP contribution in [0.3, 0.4) is 0 Å². The van der Waals surface area contributed by atoms with E-state index in [-0.39, 0.29) is 18.5 Å². The molecule has 11 heteroatoms. The van der Waals surface area contributed by atoms with E-state index in [0.29, 0.717) is 22.8 Å². The van der Waals surface area contributed by atoms with Crippen molar-refractivity contribution in [2.24, 2.45) is 5.73 Å². The van der Waals surface area contributed by atoms with E-state index >= 15 is 0 Å². The summed E-state index contributed by atoms with van der Waals surface area (Å²) in [5, 5.41) is 2.69. The summed E-state index contributed by atoms with van der Waals surface area (Å²) < 4.78 is 67.4. The predicted molar refractivity (Wildman–Crippen MR) is 148 cm³/mol. The molecular weight excluding hydrogens is 555 g/mol. The highest BCUT2D eigenvalue weighted by Crippen LogP contribution is 2.31. The molecule has 0 aliphatic heterocycles. The SMILES string of the molecule is NC(=O)[C@H](Cc1ccccc1)NC(=O)c1ccccc1-c1ccccc1CNS(=O)(=O)c1cccc(C(F)(F)F)c1. The van der Waals surface area contributed by atoms with Gasteiger partial charge in [0.25, 0.3) is 5.91 Å². The van der Waals surface area contributed by atoms with Gasteiger partial charge >= 0.3 is 6.18 Å². The molecule has 0 spiro atoms. The highest BCUT2D eigenvalue weighted by atomic mass is 32.2. The van der Waals surface area contributed by atoms with E-state index in [1.807, 2.05) is 30.3 Å². The highest BCUT2D eigenvalue weighted by molar-refractivity contribution is 7.89. The lowest BCUT2D eigenvalue weighted by Gasteiger charge is -2.18. The number of rotatable bonds is 10. The minimum absolute atomic E-state index is 0.192. The minimum Gasteiger partial charge on any atom is -0.368 e. The summed E-state index contributed by atoms with van der Waals surface area (Å²) in [6.45, 7) is -0.261. The zero-order valence-electron chi connectivity index (χ0n) is 21.6. The molecule has 7 nitrogen and oxygen atoms in total. The molecule has 0 aliphatic carbocycles. The van der Waals surface area contributed by atoms with Crippen molar-refractivity contribution in [3.63, 3.8) is 0 Å². The van der Waals surface area contributed by atoms with Crippen LogP contribution < -0.4 is 15.8 Å². The maximum atomic E-state index is 13.3. The van der Waals surface area contributed by atoms with Crippen LogP contribution in [0.4, 0.5) is 13.2 Å². The molecule has 0 unspecified atom stereocenters. The van der Waals surface area contributed by atoms with Crippen molar-refractivity contribution in [2.45, 2.75) is 30.1 Å². The van der Waals surface area contributed by atoms with Crippen LogP contribution in [0.15, 0.2) is 108 Å². The molecule has 4 N–H and O–H groups in total. The standard InChI is InChI=1S/C30H26F3N3O4S/c31-30(32,33)22-12-8-13-23(18-22)41(39,40)35-19-21-11-4-5-14-24(21)25-15-6-7-16-26(25)29(38)36-27(28(34)37)17-20-9-2-1-3-10-20/h1-16,18,27,35H,17,19H2,(H2,34,37)(H,36,38)/t27-/m0/s1. The largest absolute Gasteiger partial charge is 0.416 e. The van der Waals surface area contributed by atoms with Crippen LogP contribution in [0.1, 0.15) is 27.0 Å². The summed E-state index contributed by atoms with van der Waals surface area (Å²) in [5.74, 6) is -1.26. The van der Waals surface area contributed by atoms with E-state index in [0.717, 1.165) is 23.8 Å². The zero-order chi connectivity index (χ0) is 29.6. The first-order chi connectivity index (χ1) is 19.5. The van der Waals surface area contributed by atoms with Gasteiger partial charge in [0.1, 0.15) is 6.04 Å². The number of nitrogens with two attached hydrogens (primary N) is 1. The summed E-state index contributed by atoms with van der Waals surface area (Å²) in [7, 11) is -4.30. The Kier molecular flexibility index (Phi) is 8.89. The van der Waals surface area contributed by atoms with Gasteiger partial charge in [-0.2, -0.15) is 13.2 Å². The van der Waals surface area contributed by atoms with E-state index in [1.165, 1.54) is 0 Å². The number of primary amides is 1. The normalized spacial score (nSPS) is 12.5. The summed E-state index contributed by atoms with van der Waals surface area (Å²) in [6.07, 6.45) is -4.50. The van der Waals surface area contributed by atoms with E-state index in [1.54, 1.807) is 48.5 Å². The summed E-state index contributed by atoms with van der Waals surface area (Å²) >= 11 is 0. The summed E-state index contributed by atoms with van der Waals surface area (Å²) in [4.78, 5) is 25.0. The van der Waals surface area contributed by atoms with Crippen molar-refractivity contribution in [3.05, 3.63) is 125 Å². The van der Waals surface area contributed by atoms with Crippen molar-refractivity contribution >= 4 is 21.8 Å². The molecule has 0 bridgehead atoms. The second-order valence-corrected chi connectivity index (χ2v) is 10.9. The van der Waals surface area contributed by atoms with Gasteiger partial charge in [-0.05, 0) is 46.5 Å². The summed E-state index contributed by atoms with van der Waals surface area (Å²) in [6, 6.07) is 24.8. The Morgan fingerprint density at radius 2 is 1.44 bits per heavy atom. The zero-order valence-corrected chi connectivity index (χ0v) is 22.4. The Morgan fingerprint density at radius 3 is 2.12 bits per heavy atom. The molecule has 0 aliphatic rings. The molecule has 4 aromatic rings. The Labute approximate surface area is 235 Å². The number of carbonyl (C=O) groups is 2. The third-order valence-corrected chi connectivity index (χ3v) is 7.73. The first-order valence-corrected chi connectivity index (χ1v) is 13.9. The van der Waals surface area contributed by atoms with Crippen LogP contribution in [-0.2, 0) is 34.0 Å². The number of halogens is 3. The molecule has 0 aromatic heterocycles. The van der Waals surface area contributed by atoms with Gasteiger partial charge in [0, 0.05) is 18.5 Å². The first-order valence-electron chi connectivity index (χ1n) is 12.4. The maximum absolute atomic E-state index is 13.3. The van der Waals surface area contributed by atoms with Crippen LogP contribution >= 0.6 is 0 Å². The Morgan fingerprint density at radius 1 is 0.805 bits per heavy atom. The fraction of sp³-hybridized carbons (Fsp3) is 0.133. The van der Waals surface area contributed by atoms with Crippen molar-refractivity contribution < 1.29 is 31.2 Å². The van der Waals surface area contributed by atoms with Gasteiger partial charge in [-0.1, -0.05) is 78.9 Å². The van der Waals surface area contributed by atoms with Gasteiger partial charge in [-0.15, -0.1) is 0 Å². The number of amides is 2. The average molecular weight is 582 g/mol. The van der Waals surface area contributed by atoms with Gasteiger partial charge < -0.3 is 11.1 Å². The number of alkyl halides is 3. The number of carbonyl (C=O) groups excluding carboxylic acids is 2. The Hall–Kier alpha value is -4.48. The van der Waals surface area contributed by atoms with Crippen molar-refractivity contribution in [2.75, 3.05) is 0 Å². The van der Waals surface area contributed by atoms with E-state index in [9.17, 15) is 31.2 Å². The summed E-state index contributed by atoms with van der Waals surface area (Å²) in [5.41, 5.74) is 6.96. The second-order valence-electron chi connectivity index (χ2n) is 9.17. The van der Waals surface area contributed by atoms with Crippen LogP contribution in [0.2, 0.25) is 0 Å². The van der Waals surface area contributed by atoms with Crippen molar-refractivity contribution in [1.82, 2.24) is 10.0 Å². The molecule has 41 heavy (non-hydrogen) atoms. The topological polar surface area (TPSA) is 118 Å². The van der Waals surface area contributed by atoms with Gasteiger partial charge in [0.05, 0.1) is 10.5 Å². The molecule has 0 saturated heterocycles. The quantitative estimate of drug-likeness (QED) is 0.252. The molecule has 2 amide bonds. The second kappa shape index (κ2) is 12.4. The molecular formula is C30H26F3N3O4S. The first kappa shape index (κ1) is 29.5. The molecule has 1 atom stereocenters. The third kappa shape index (κ3) is 7.38. The van der Waals surface area contributed by atoms with Crippen LogP contribution in [0.25, 0.3) is 11.1 Å². The van der Waals surface area contributed by atoms with Gasteiger partial charge in [0.2, 0.25) is 15.9 Å². The number of hydrogen-bond acceptors (Lipinski definition) is 4. The maximum Gasteiger partial charge on any atom is 0.416 e. The fourth-order valence-corrected chi connectivity index (χ4v) is 5.31. The van der Waals surface area contributed by atoms with Crippen molar-refractivity contribution in [1.29, 1.82) is 0 Å². The van der Waals surface area contributed by atoms with Gasteiger partial charge in [-0.25, -0.2) is 13.1 Å². The lowest BCUT2D eigenvalue weighted by molar-refractivity contribution is -0.137. The van der Waals surface area contributed by atoms with Gasteiger partial charge in [-0.3, -0.25) is 9.59 Å². The number of nitrogens with one attached hydrogen (secondary N) is 2. The molecule has 0 fully saturated rings. The lowest BCUT2D eigenvalue weighted by Crippen LogP contribution is -2.46. The lowest BCUT2D eigenvalue weighted by atomic mass is 9.94. The third-order valence-electron chi connectivity index (χ3n) is 6.33. The Bertz CT molecular complexity index is 1660. The molecule has 212 valence electrons. The fourth-order valence-electron chi connectivity index (χ4n) is 4.26. The van der Waals surface area contributed by atoms with Crippen LogP contribution in [-0.4, -0.2) is 26.3 Å². The average Bonchev–Trinajstić information content (AvgIpc) is 2.96.